The van der Waals surface area contributed by atoms with Gasteiger partial charge in [0.15, 0.2) is 11.5 Å². The van der Waals surface area contributed by atoms with Crippen LogP contribution >= 0.6 is 24.0 Å². The van der Waals surface area contributed by atoms with Crippen molar-refractivity contribution in [1.82, 2.24) is 4.90 Å². The number of hydrogen-bond donors (Lipinski definition) is 3. The quantitative estimate of drug-likeness (QED) is 0.434. The third-order valence-electron chi connectivity index (χ3n) is 3.28. The molecule has 0 radical (unpaired) electrons. The highest BCUT2D eigenvalue weighted by Crippen LogP contribution is 2.36. The van der Waals surface area contributed by atoms with Crippen molar-refractivity contribution in [3.05, 3.63) is 28.7 Å². The minimum Gasteiger partial charge on any atom is -0.504 e. The molecule has 1 atom stereocenters. The minimum atomic E-state index is -1.11. The van der Waals surface area contributed by atoms with Gasteiger partial charge in [-0.3, -0.25) is 9.69 Å². The van der Waals surface area contributed by atoms with Gasteiger partial charge >= 0.3 is 5.97 Å². The Morgan fingerprint density at radius 2 is 1.96 bits per heavy atom. The molecular weight excluding hydrogens is 338 g/mol. The third kappa shape index (κ3) is 3.48. The molecule has 1 aliphatic heterocycles. The molecule has 0 aromatic heterocycles. The summed E-state index contributed by atoms with van der Waals surface area (Å²) in [7, 11) is 0. The van der Waals surface area contributed by atoms with Gasteiger partial charge in [0.25, 0.3) is 5.91 Å². The molecule has 1 saturated heterocycles. The highest BCUT2D eigenvalue weighted by Gasteiger charge is 2.41. The molecule has 1 heterocycles. The summed E-state index contributed by atoms with van der Waals surface area (Å²) in [6.07, 6.45) is 1.50. The zero-order chi connectivity index (χ0) is 17.3. The van der Waals surface area contributed by atoms with Gasteiger partial charge in [-0.05, 0) is 29.7 Å². The van der Waals surface area contributed by atoms with Crippen molar-refractivity contribution in [3.63, 3.8) is 0 Å². The van der Waals surface area contributed by atoms with Crippen molar-refractivity contribution in [3.8, 4) is 11.5 Å². The minimum absolute atomic E-state index is 0.186. The Bertz CT molecular complexity index is 714. The molecule has 2 rings (SSSR count). The molecule has 6 nitrogen and oxygen atoms in total. The lowest BCUT2D eigenvalue weighted by atomic mass is 10.0. The number of aliphatic carboxylic acids is 1. The molecule has 8 heteroatoms. The third-order valence-corrected chi connectivity index (χ3v) is 4.61. The van der Waals surface area contributed by atoms with Gasteiger partial charge in [-0.25, -0.2) is 4.79 Å². The first-order valence-electron chi connectivity index (χ1n) is 6.74. The van der Waals surface area contributed by atoms with Crippen molar-refractivity contribution in [2.24, 2.45) is 5.92 Å². The first-order chi connectivity index (χ1) is 10.7. The van der Waals surface area contributed by atoms with E-state index >= 15 is 0 Å². The molecule has 1 unspecified atom stereocenters. The highest BCUT2D eigenvalue weighted by atomic mass is 32.2. The summed E-state index contributed by atoms with van der Waals surface area (Å²) in [5, 5.41) is 28.1. The Kier molecular flexibility index (Phi) is 4.96. The Hall–Kier alpha value is -2.06. The van der Waals surface area contributed by atoms with Gasteiger partial charge in [0.2, 0.25) is 0 Å². The summed E-state index contributed by atoms with van der Waals surface area (Å²) in [6, 6.07) is 3.11. The predicted molar refractivity (Wildman–Crippen MR) is 91.0 cm³/mol. The van der Waals surface area contributed by atoms with E-state index in [0.29, 0.717) is 5.56 Å². The molecule has 0 aliphatic carbocycles. The molecule has 0 bridgehead atoms. The lowest BCUT2D eigenvalue weighted by Gasteiger charge is -2.26. The maximum atomic E-state index is 12.5. The summed E-state index contributed by atoms with van der Waals surface area (Å²) in [5.41, 5.74) is 0.497. The van der Waals surface area contributed by atoms with E-state index < -0.39 is 17.9 Å². The van der Waals surface area contributed by atoms with Crippen LogP contribution in [-0.2, 0) is 9.59 Å². The maximum Gasteiger partial charge on any atom is 0.327 e. The van der Waals surface area contributed by atoms with Gasteiger partial charge < -0.3 is 15.3 Å². The van der Waals surface area contributed by atoms with Crippen LogP contribution in [0, 0.1) is 5.92 Å². The number of carboxylic acid groups (broad SMARTS) is 1. The van der Waals surface area contributed by atoms with Crippen molar-refractivity contribution < 1.29 is 24.9 Å². The van der Waals surface area contributed by atoms with Gasteiger partial charge in [-0.1, -0.05) is 43.9 Å². The summed E-state index contributed by atoms with van der Waals surface area (Å²) in [5.74, 6) is -2.46. The van der Waals surface area contributed by atoms with Gasteiger partial charge in [0.1, 0.15) is 10.4 Å². The molecule has 3 N–H and O–H groups in total. The zero-order valence-electron chi connectivity index (χ0n) is 12.4. The summed E-state index contributed by atoms with van der Waals surface area (Å²) in [6.45, 7) is 3.41. The first-order valence-corrected chi connectivity index (χ1v) is 7.96. The van der Waals surface area contributed by atoms with Crippen LogP contribution < -0.4 is 0 Å². The van der Waals surface area contributed by atoms with Gasteiger partial charge in [-0.2, -0.15) is 0 Å². The maximum absolute atomic E-state index is 12.5. The molecule has 122 valence electrons. The lowest BCUT2D eigenvalue weighted by Crippen LogP contribution is -2.47. The van der Waals surface area contributed by atoms with Crippen LogP contribution in [0.1, 0.15) is 19.4 Å². The van der Waals surface area contributed by atoms with E-state index in [2.05, 4.69) is 0 Å². The number of rotatable bonds is 4. The van der Waals surface area contributed by atoms with E-state index in [-0.39, 0.29) is 26.6 Å². The standard InChI is InChI=1S/C15H15NO5S2/c1-7(2)12(14(20)21)16-13(19)11(23-15(16)22)6-8-3-4-9(17)10(18)5-8/h3-7,12,17-18H,1-2H3,(H,20,21)/b11-6-. The van der Waals surface area contributed by atoms with Gasteiger partial charge in [0.05, 0.1) is 4.91 Å². The number of benzene rings is 1. The fourth-order valence-corrected chi connectivity index (χ4v) is 3.52. The Morgan fingerprint density at radius 3 is 2.48 bits per heavy atom. The predicted octanol–water partition coefficient (Wildman–Crippen LogP) is 2.41. The van der Waals surface area contributed by atoms with Crippen LogP contribution in [0.15, 0.2) is 23.1 Å². The number of thiocarbonyl (C=S) groups is 1. The van der Waals surface area contributed by atoms with E-state index in [1.165, 1.54) is 24.3 Å². The molecule has 1 aromatic rings. The molecule has 0 spiro atoms. The van der Waals surface area contributed by atoms with Crippen molar-refractivity contribution in [2.45, 2.75) is 19.9 Å². The average Bonchev–Trinajstić information content (AvgIpc) is 2.70. The van der Waals surface area contributed by atoms with E-state index in [1.807, 2.05) is 0 Å². The smallest absolute Gasteiger partial charge is 0.327 e. The first kappa shape index (κ1) is 17.3. The number of thioether (sulfide) groups is 1. The number of hydrogen-bond acceptors (Lipinski definition) is 6. The second-order valence-corrected chi connectivity index (χ2v) is 7.00. The molecule has 1 amide bonds. The van der Waals surface area contributed by atoms with Gasteiger partial charge in [-0.15, -0.1) is 0 Å². The molecule has 1 fully saturated rings. The number of aromatic hydroxyl groups is 2. The van der Waals surface area contributed by atoms with Crippen LogP contribution in [0.2, 0.25) is 0 Å². The average molecular weight is 353 g/mol. The number of phenolic OH excluding ortho intramolecular Hbond substituents is 2. The number of amides is 1. The monoisotopic (exact) mass is 353 g/mol. The van der Waals surface area contributed by atoms with Crippen molar-refractivity contribution in [1.29, 1.82) is 0 Å². The van der Waals surface area contributed by atoms with Crippen LogP contribution in [0.25, 0.3) is 6.08 Å². The molecule has 1 aromatic carbocycles. The molecule has 0 saturated carbocycles. The molecular formula is C15H15NO5S2. The Balaban J connectivity index is 2.35. The Morgan fingerprint density at radius 1 is 1.30 bits per heavy atom. The van der Waals surface area contributed by atoms with Crippen LogP contribution in [0.3, 0.4) is 0 Å². The fraction of sp³-hybridized carbons (Fsp3) is 0.267. The number of phenols is 2. The fourth-order valence-electron chi connectivity index (χ4n) is 2.19. The topological polar surface area (TPSA) is 98.1 Å². The van der Waals surface area contributed by atoms with Crippen LogP contribution in [-0.4, -0.2) is 42.5 Å². The summed E-state index contributed by atoms with van der Waals surface area (Å²) >= 11 is 6.16. The molecule has 23 heavy (non-hydrogen) atoms. The number of carboxylic acids is 1. The SMILES string of the molecule is CC(C)C(C(=O)O)N1C(=O)/C(=C/c2ccc(O)c(O)c2)SC1=S. The van der Waals surface area contributed by atoms with Crippen molar-refractivity contribution in [2.75, 3.05) is 0 Å². The second-order valence-electron chi connectivity index (χ2n) is 5.33. The highest BCUT2D eigenvalue weighted by molar-refractivity contribution is 8.26. The van der Waals surface area contributed by atoms with E-state index in [0.717, 1.165) is 16.7 Å². The van der Waals surface area contributed by atoms with E-state index in [4.69, 9.17) is 12.2 Å². The van der Waals surface area contributed by atoms with E-state index in [9.17, 15) is 24.9 Å². The number of nitrogens with zero attached hydrogens (tertiary/aromatic N) is 1. The second kappa shape index (κ2) is 6.59. The van der Waals surface area contributed by atoms with E-state index in [1.54, 1.807) is 13.8 Å². The Labute approximate surface area is 142 Å². The lowest BCUT2D eigenvalue weighted by molar-refractivity contribution is -0.146. The number of carbonyl (C=O) groups excluding carboxylic acids is 1. The number of carbonyl (C=O) groups is 2. The summed E-state index contributed by atoms with van der Waals surface area (Å²) in [4.78, 5) is 25.3. The zero-order valence-corrected chi connectivity index (χ0v) is 14.0. The van der Waals surface area contributed by atoms with Gasteiger partial charge in [0, 0.05) is 0 Å². The van der Waals surface area contributed by atoms with Crippen LogP contribution in [0.5, 0.6) is 11.5 Å². The van der Waals surface area contributed by atoms with Crippen LogP contribution in [0.4, 0.5) is 0 Å². The molecule has 1 aliphatic rings. The summed E-state index contributed by atoms with van der Waals surface area (Å²) < 4.78 is 0.186. The largest absolute Gasteiger partial charge is 0.504 e. The normalized spacial score (nSPS) is 18.0. The van der Waals surface area contributed by atoms with Crippen molar-refractivity contribution >= 4 is 46.3 Å².